The van der Waals surface area contributed by atoms with Gasteiger partial charge in [-0.1, -0.05) is 28.1 Å². The first kappa shape index (κ1) is 17.0. The van der Waals surface area contributed by atoms with E-state index >= 15 is 0 Å². The maximum Gasteiger partial charge on any atom is 0.387 e. The number of nitrogens with zero attached hydrogens (tertiary/aromatic N) is 2. The number of carbonyl (C=O) groups is 1. The molecule has 0 saturated carbocycles. The zero-order valence-electron chi connectivity index (χ0n) is 12.5. The third-order valence-corrected chi connectivity index (χ3v) is 3.64. The average Bonchev–Trinajstić information content (AvgIpc) is 3.03. The molecule has 3 rings (SSSR count). The highest BCUT2D eigenvalue weighted by Gasteiger charge is 2.12. The smallest absolute Gasteiger partial charge is 0.387 e. The maximum atomic E-state index is 12.1. The topological polar surface area (TPSA) is 79.9 Å². The van der Waals surface area contributed by atoms with Crippen LogP contribution in [0, 0.1) is 0 Å². The summed E-state index contributed by atoms with van der Waals surface area (Å²) in [7, 11) is 0. The Kier molecular flexibility index (Phi) is 5.03. The molecule has 3 aromatic rings. The number of hydrogen-bond acceptors (Lipinski definition) is 4. The van der Waals surface area contributed by atoms with Crippen molar-refractivity contribution in [2.24, 2.45) is 0 Å². The molecule has 6 nitrogen and oxygen atoms in total. The van der Waals surface area contributed by atoms with E-state index in [1.807, 2.05) is 24.3 Å². The van der Waals surface area contributed by atoms with Gasteiger partial charge in [0.15, 0.2) is 5.82 Å². The third kappa shape index (κ3) is 4.38. The van der Waals surface area contributed by atoms with Crippen LogP contribution in [-0.4, -0.2) is 27.7 Å². The summed E-state index contributed by atoms with van der Waals surface area (Å²) in [6.45, 7) is -2.91. The summed E-state index contributed by atoms with van der Waals surface area (Å²) in [5.41, 5.74) is 1.06. The van der Waals surface area contributed by atoms with E-state index in [2.05, 4.69) is 41.2 Å². The number of nitrogens with one attached hydrogen (secondary N) is 2. The summed E-state index contributed by atoms with van der Waals surface area (Å²) in [6.07, 6.45) is 0. The fourth-order valence-corrected chi connectivity index (χ4v) is 2.44. The van der Waals surface area contributed by atoms with Gasteiger partial charge in [-0.3, -0.25) is 15.2 Å². The summed E-state index contributed by atoms with van der Waals surface area (Å²) in [5, 5.41) is 9.20. The van der Waals surface area contributed by atoms with Crippen LogP contribution in [0.15, 0.2) is 53.0 Å². The van der Waals surface area contributed by atoms with Crippen molar-refractivity contribution in [2.45, 2.75) is 6.61 Å². The van der Waals surface area contributed by atoms with E-state index in [1.54, 1.807) is 0 Å². The lowest BCUT2D eigenvalue weighted by molar-refractivity contribution is -0.0498. The second kappa shape index (κ2) is 7.39. The van der Waals surface area contributed by atoms with Crippen molar-refractivity contribution < 1.29 is 18.3 Å². The van der Waals surface area contributed by atoms with E-state index in [0.29, 0.717) is 5.82 Å². The van der Waals surface area contributed by atoms with Crippen molar-refractivity contribution in [3.63, 3.8) is 0 Å². The van der Waals surface area contributed by atoms with Gasteiger partial charge in [0.2, 0.25) is 5.95 Å². The highest BCUT2D eigenvalue weighted by Crippen LogP contribution is 2.21. The fourth-order valence-electron chi connectivity index (χ4n) is 2.04. The predicted octanol–water partition coefficient (Wildman–Crippen LogP) is 4.09. The monoisotopic (exact) mass is 408 g/mol. The van der Waals surface area contributed by atoms with Crippen molar-refractivity contribution in [1.82, 2.24) is 15.2 Å². The molecule has 1 aromatic heterocycles. The number of amides is 1. The van der Waals surface area contributed by atoms with Crippen LogP contribution in [0.2, 0.25) is 0 Å². The number of rotatable bonds is 5. The number of hydrogen-bond donors (Lipinski definition) is 2. The molecule has 9 heteroatoms. The summed E-state index contributed by atoms with van der Waals surface area (Å²) in [5.74, 6) is 0.106. The van der Waals surface area contributed by atoms with E-state index in [4.69, 9.17) is 0 Å². The van der Waals surface area contributed by atoms with Crippen molar-refractivity contribution in [2.75, 3.05) is 5.32 Å². The first-order valence-corrected chi connectivity index (χ1v) is 7.85. The summed E-state index contributed by atoms with van der Waals surface area (Å²) in [4.78, 5) is 16.3. The third-order valence-electron chi connectivity index (χ3n) is 3.15. The number of H-pyrrole nitrogens is 1. The number of anilines is 1. The molecule has 0 aliphatic carbocycles. The fraction of sp³-hybridized carbons (Fsp3) is 0.0625. The highest BCUT2D eigenvalue weighted by molar-refractivity contribution is 9.10. The molecule has 25 heavy (non-hydrogen) atoms. The number of alkyl halides is 2. The molecule has 0 radical (unpaired) electrons. The number of carbonyl (C=O) groups excluding carboxylic acids is 1. The van der Waals surface area contributed by atoms with Gasteiger partial charge in [0.25, 0.3) is 5.91 Å². The molecule has 1 heterocycles. The highest BCUT2D eigenvalue weighted by atomic mass is 79.9. The summed E-state index contributed by atoms with van der Waals surface area (Å²) in [6, 6.07) is 12.7. The Morgan fingerprint density at radius 3 is 2.64 bits per heavy atom. The van der Waals surface area contributed by atoms with Gasteiger partial charge in [-0.25, -0.2) is 0 Å². The maximum absolute atomic E-state index is 12.1. The van der Waals surface area contributed by atoms with Crippen LogP contribution in [-0.2, 0) is 0 Å². The van der Waals surface area contributed by atoms with Gasteiger partial charge in [0.05, 0.1) is 0 Å². The molecule has 0 saturated heterocycles. The van der Waals surface area contributed by atoms with E-state index in [1.165, 1.54) is 24.3 Å². The Bertz CT molecular complexity index is 884. The molecule has 1 amide bonds. The van der Waals surface area contributed by atoms with Crippen LogP contribution in [0.3, 0.4) is 0 Å². The van der Waals surface area contributed by atoms with Crippen LogP contribution in [0.25, 0.3) is 11.4 Å². The molecule has 0 atom stereocenters. The molecule has 0 fully saturated rings. The zero-order valence-corrected chi connectivity index (χ0v) is 14.1. The Morgan fingerprint density at radius 1 is 1.20 bits per heavy atom. The van der Waals surface area contributed by atoms with Gasteiger partial charge in [0, 0.05) is 15.6 Å². The lowest BCUT2D eigenvalue weighted by atomic mass is 10.2. The van der Waals surface area contributed by atoms with Crippen molar-refractivity contribution >= 4 is 27.8 Å². The second-order valence-corrected chi connectivity index (χ2v) is 5.79. The molecule has 0 unspecified atom stereocenters. The molecular weight excluding hydrogens is 398 g/mol. The van der Waals surface area contributed by atoms with Gasteiger partial charge in [0.1, 0.15) is 5.75 Å². The van der Waals surface area contributed by atoms with Crippen LogP contribution >= 0.6 is 15.9 Å². The number of halogens is 3. The van der Waals surface area contributed by atoms with Crippen molar-refractivity contribution in [1.29, 1.82) is 0 Å². The van der Waals surface area contributed by atoms with Crippen LogP contribution in [0.4, 0.5) is 14.7 Å². The summed E-state index contributed by atoms with van der Waals surface area (Å²) < 4.78 is 29.3. The van der Waals surface area contributed by atoms with E-state index in [-0.39, 0.29) is 17.3 Å². The molecule has 0 bridgehead atoms. The van der Waals surface area contributed by atoms with Crippen LogP contribution < -0.4 is 10.1 Å². The standard InChI is InChI=1S/C16H11BrF2N4O2/c17-11-3-1-2-10(8-11)13-20-16(23-22-13)21-14(24)9-4-6-12(7-5-9)25-15(18)19/h1-8,15H,(H2,20,21,22,23,24). The molecule has 0 spiro atoms. The molecule has 0 aliphatic heterocycles. The lowest BCUT2D eigenvalue weighted by Gasteiger charge is -2.05. The minimum Gasteiger partial charge on any atom is -0.435 e. The van der Waals surface area contributed by atoms with Gasteiger partial charge in [-0.05, 0) is 36.4 Å². The lowest BCUT2D eigenvalue weighted by Crippen LogP contribution is -2.13. The van der Waals surface area contributed by atoms with Gasteiger partial charge in [-0.2, -0.15) is 13.8 Å². The Balaban J connectivity index is 1.69. The van der Waals surface area contributed by atoms with Gasteiger partial charge < -0.3 is 4.74 Å². The van der Waals surface area contributed by atoms with Crippen molar-refractivity contribution in [3.8, 4) is 17.1 Å². The average molecular weight is 409 g/mol. The number of benzene rings is 2. The quantitative estimate of drug-likeness (QED) is 0.666. The van der Waals surface area contributed by atoms with Crippen molar-refractivity contribution in [3.05, 3.63) is 58.6 Å². The molecular formula is C16H11BrF2N4O2. The molecule has 128 valence electrons. The first-order valence-electron chi connectivity index (χ1n) is 7.06. The SMILES string of the molecule is O=C(Nc1n[nH]c(-c2cccc(Br)c2)n1)c1ccc(OC(F)F)cc1. The molecule has 2 N–H and O–H groups in total. The molecule has 0 aliphatic rings. The summed E-state index contributed by atoms with van der Waals surface area (Å²) >= 11 is 3.37. The first-order chi connectivity index (χ1) is 12.0. The van der Waals surface area contributed by atoms with E-state index in [0.717, 1.165) is 10.0 Å². The van der Waals surface area contributed by atoms with Crippen LogP contribution in [0.1, 0.15) is 10.4 Å². The van der Waals surface area contributed by atoms with Gasteiger partial charge in [-0.15, -0.1) is 5.10 Å². The Morgan fingerprint density at radius 2 is 1.96 bits per heavy atom. The number of ether oxygens (including phenoxy) is 1. The molecule has 2 aromatic carbocycles. The Hall–Kier alpha value is -2.81. The number of aromatic amines is 1. The number of aromatic nitrogens is 3. The zero-order chi connectivity index (χ0) is 17.8. The van der Waals surface area contributed by atoms with E-state index in [9.17, 15) is 13.6 Å². The second-order valence-electron chi connectivity index (χ2n) is 4.87. The Labute approximate surface area is 149 Å². The minimum absolute atomic E-state index is 0.0265. The normalized spacial score (nSPS) is 10.7. The largest absolute Gasteiger partial charge is 0.435 e. The van der Waals surface area contributed by atoms with E-state index < -0.39 is 12.5 Å². The minimum atomic E-state index is -2.91. The predicted molar refractivity (Wildman–Crippen MR) is 90.5 cm³/mol. The van der Waals surface area contributed by atoms with Gasteiger partial charge >= 0.3 is 6.61 Å². The van der Waals surface area contributed by atoms with Crippen LogP contribution in [0.5, 0.6) is 5.75 Å².